The quantitative estimate of drug-likeness (QED) is 0.0801. The molecule has 2 N–H and O–H groups in total. The van der Waals surface area contributed by atoms with E-state index in [1.165, 1.54) is 12.7 Å². The fourth-order valence-corrected chi connectivity index (χ4v) is 10.4. The minimum absolute atomic E-state index is 0.00631. The van der Waals surface area contributed by atoms with Gasteiger partial charge in [0.2, 0.25) is 5.91 Å². The van der Waals surface area contributed by atoms with Crippen LogP contribution in [-0.2, 0) is 58.1 Å². The maximum Gasteiger partial charge on any atom is 0.416 e. The molecule has 4 aliphatic heterocycles. The number of carbonyl (C=O) groups is 6. The lowest BCUT2D eigenvalue weighted by Crippen LogP contribution is -2.55. The molecule has 0 radical (unpaired) electrons. The average molecular weight is 1030 g/mol. The van der Waals surface area contributed by atoms with Crippen LogP contribution in [0.4, 0.5) is 16.2 Å². The predicted octanol–water partition coefficient (Wildman–Crippen LogP) is 8.43. The van der Waals surface area contributed by atoms with Gasteiger partial charge in [0.1, 0.15) is 18.1 Å². The summed E-state index contributed by atoms with van der Waals surface area (Å²) in [7, 11) is 1.52. The minimum atomic E-state index is -1.50. The van der Waals surface area contributed by atoms with Crippen LogP contribution in [0.25, 0.3) is 0 Å². The van der Waals surface area contributed by atoms with E-state index in [0.717, 1.165) is 21.6 Å². The van der Waals surface area contributed by atoms with Gasteiger partial charge in [-0.1, -0.05) is 93.6 Å². The van der Waals surface area contributed by atoms with Crippen LogP contribution >= 0.6 is 0 Å². The van der Waals surface area contributed by atoms with Crippen LogP contribution in [0.2, 0.25) is 0 Å². The van der Waals surface area contributed by atoms with E-state index in [1.54, 1.807) is 67.3 Å². The summed E-state index contributed by atoms with van der Waals surface area (Å²) in [6, 6.07) is 27.8. The smallest absolute Gasteiger partial charge is 0.416 e. The number of hydrogen-bond acceptors (Lipinski definition) is 12. The fourth-order valence-electron chi connectivity index (χ4n) is 10.4. The molecule has 76 heavy (non-hydrogen) atoms. The van der Waals surface area contributed by atoms with E-state index in [1.807, 2.05) is 74.4 Å². The number of Topliss-reactive ketones (excluding diaryl/α,β-unsaturated/α-hetero) is 2. The highest BCUT2D eigenvalue weighted by molar-refractivity contribution is 6.06. The Morgan fingerprint density at radius 1 is 0.763 bits per heavy atom. The number of carbonyl (C=O) groups excluding carboxylic acids is 6. The number of ketones is 2. The van der Waals surface area contributed by atoms with E-state index in [4.69, 9.17) is 23.9 Å². The molecule has 5 aromatic carbocycles. The molecule has 16 heteroatoms. The lowest BCUT2D eigenvalue weighted by Gasteiger charge is -2.39. The Morgan fingerprint density at radius 2 is 1.39 bits per heavy atom. The Morgan fingerprint density at radius 3 is 2.07 bits per heavy atom. The predicted molar refractivity (Wildman–Crippen MR) is 285 cm³/mol. The number of rotatable bonds is 18. The van der Waals surface area contributed by atoms with E-state index in [-0.39, 0.29) is 91.7 Å². The van der Waals surface area contributed by atoms with Gasteiger partial charge in [0.25, 0.3) is 11.8 Å². The fraction of sp³-hybridized carbons (Fsp3) is 0.383. The maximum absolute atomic E-state index is 14.6. The zero-order chi connectivity index (χ0) is 53.8. The van der Waals surface area contributed by atoms with Gasteiger partial charge in [-0.2, -0.15) is 0 Å². The molecule has 396 valence electrons. The number of aryl methyl sites for hydroxylation is 1. The first kappa shape index (κ1) is 53.0. The molecule has 0 aliphatic carbocycles. The third kappa shape index (κ3) is 11.2. The molecule has 0 spiro atoms. The highest BCUT2D eigenvalue weighted by atomic mass is 16.6. The molecule has 9 rings (SSSR count). The molecular weight excluding hydrogens is 967 g/mol. The Kier molecular flexibility index (Phi) is 16.0. The highest BCUT2D eigenvalue weighted by Crippen LogP contribution is 2.41. The summed E-state index contributed by atoms with van der Waals surface area (Å²) < 4.78 is 24.1. The van der Waals surface area contributed by atoms with Crippen molar-refractivity contribution in [3.63, 3.8) is 0 Å². The Bertz CT molecular complexity index is 3080. The van der Waals surface area contributed by atoms with Crippen molar-refractivity contribution in [2.45, 2.75) is 117 Å². The summed E-state index contributed by atoms with van der Waals surface area (Å²) >= 11 is 0. The first-order valence-corrected chi connectivity index (χ1v) is 26.1. The van der Waals surface area contributed by atoms with Gasteiger partial charge in [-0.15, -0.1) is 0 Å². The van der Waals surface area contributed by atoms with Gasteiger partial charge >= 0.3 is 6.09 Å². The van der Waals surface area contributed by atoms with Crippen molar-refractivity contribution in [2.24, 2.45) is 16.8 Å². The molecular formula is C60H65N5O11. The standard InChI is InChI=1S/C60H65N5O11/c1-7-45(66)27-46(35(2)3)56(68)62-37(5)52(67)24-38-17-19-39(20-18-38)34-76-60(72)65-50-30-53(36(4)23-48(50)58(70)64-33-43-16-11-9-14-41(43)26-51(64)59(65)71)74-21-12-22-75-55-29-49-47(28-54(55)73-6)57(69)63-32-42-15-10-8-13-40(42)25-44(63)31-61-49/h8-11,13-20,23,28-31,35,37,44,46,51,59,71H,7,12,21-22,24-27,32-34H2,1-6H3,(H,62,68)/t37-,44?,46-,51?,59?/m0/s1. The van der Waals surface area contributed by atoms with Gasteiger partial charge in [0.05, 0.1) is 61.0 Å². The lowest BCUT2D eigenvalue weighted by molar-refractivity contribution is -0.133. The number of aliphatic hydroxyl groups is 1. The first-order valence-electron chi connectivity index (χ1n) is 26.1. The molecule has 5 aromatic rings. The van der Waals surface area contributed by atoms with Gasteiger partial charge in [-0.25, -0.2) is 9.69 Å². The average Bonchev–Trinajstić information content (AvgIpc) is 3.62. The molecule has 0 saturated heterocycles. The highest BCUT2D eigenvalue weighted by Gasteiger charge is 2.45. The molecule has 0 fully saturated rings. The number of ether oxygens (including phenoxy) is 4. The van der Waals surface area contributed by atoms with E-state index in [9.17, 15) is 33.9 Å². The van der Waals surface area contributed by atoms with E-state index in [0.29, 0.717) is 77.4 Å². The van der Waals surface area contributed by atoms with E-state index in [2.05, 4.69) is 11.4 Å². The monoisotopic (exact) mass is 1030 g/mol. The minimum Gasteiger partial charge on any atom is -0.493 e. The third-order valence-corrected chi connectivity index (χ3v) is 15.0. The molecule has 3 unspecified atom stereocenters. The molecule has 4 aliphatic rings. The number of anilines is 1. The zero-order valence-electron chi connectivity index (χ0n) is 43.9. The Labute approximate surface area is 443 Å². The van der Waals surface area contributed by atoms with Gasteiger partial charge in [0.15, 0.2) is 23.5 Å². The van der Waals surface area contributed by atoms with Crippen molar-refractivity contribution >= 4 is 53.0 Å². The van der Waals surface area contributed by atoms with E-state index >= 15 is 0 Å². The molecule has 4 heterocycles. The van der Waals surface area contributed by atoms with Crippen molar-refractivity contribution in [1.82, 2.24) is 15.1 Å². The number of amides is 4. The third-order valence-electron chi connectivity index (χ3n) is 15.0. The first-order chi connectivity index (χ1) is 36.6. The second-order valence-electron chi connectivity index (χ2n) is 20.4. The SMILES string of the molecule is CCC(=O)C[C@H](C(=O)N[C@@H](C)C(=O)Cc1ccc(COC(=O)N2c3cc(OCCCOc4cc5c(cc4OC)C(=O)N4Cc6ccccc6CC4C=N5)c(C)cc3C(=O)N3Cc4ccccc4CC3C2O)cc1)C(C)C. The number of fused-ring (bicyclic) bond motifs is 6. The van der Waals surface area contributed by atoms with Crippen molar-refractivity contribution in [3.05, 3.63) is 147 Å². The number of aliphatic imine (C=N–C) groups is 1. The lowest BCUT2D eigenvalue weighted by atomic mass is 9.89. The summed E-state index contributed by atoms with van der Waals surface area (Å²) in [5, 5.41) is 15.0. The van der Waals surface area contributed by atoms with Crippen LogP contribution in [-0.4, -0.2) is 101 Å². The van der Waals surface area contributed by atoms with Crippen LogP contribution < -0.4 is 24.4 Å². The maximum atomic E-state index is 14.6. The Hall–Kier alpha value is -7.85. The van der Waals surface area contributed by atoms with Gasteiger partial charge in [-0.05, 0) is 83.7 Å². The Balaban J connectivity index is 0.868. The van der Waals surface area contributed by atoms with Crippen molar-refractivity contribution in [2.75, 3.05) is 25.2 Å². The molecule has 4 amide bonds. The van der Waals surface area contributed by atoms with Crippen LogP contribution in [0.3, 0.4) is 0 Å². The van der Waals surface area contributed by atoms with Crippen molar-refractivity contribution in [3.8, 4) is 17.2 Å². The van der Waals surface area contributed by atoms with Crippen LogP contribution in [0.15, 0.2) is 102 Å². The number of benzene rings is 5. The molecule has 16 nitrogen and oxygen atoms in total. The van der Waals surface area contributed by atoms with Crippen LogP contribution in [0.5, 0.6) is 17.2 Å². The number of methoxy groups -OCH3 is 1. The van der Waals surface area contributed by atoms with Gasteiger partial charge in [0, 0.05) is 63.0 Å². The summed E-state index contributed by atoms with van der Waals surface area (Å²) in [6.45, 7) is 9.91. The summed E-state index contributed by atoms with van der Waals surface area (Å²) in [6.07, 6.45) is 1.35. The number of hydrogen-bond donors (Lipinski definition) is 2. The van der Waals surface area contributed by atoms with Crippen LogP contribution in [0, 0.1) is 18.8 Å². The summed E-state index contributed by atoms with van der Waals surface area (Å²) in [5.41, 5.74) is 7.43. The molecule has 0 saturated carbocycles. The zero-order valence-corrected chi connectivity index (χ0v) is 43.9. The summed E-state index contributed by atoms with van der Waals surface area (Å²) in [5.74, 6) is -0.399. The number of nitrogens with one attached hydrogen (secondary N) is 1. The molecule has 0 aromatic heterocycles. The number of aliphatic hydroxyl groups excluding tert-OH is 1. The second kappa shape index (κ2) is 23.0. The molecule has 0 bridgehead atoms. The molecule has 5 atom stereocenters. The van der Waals surface area contributed by atoms with Crippen LogP contribution in [0.1, 0.15) is 107 Å². The van der Waals surface area contributed by atoms with Crippen molar-refractivity contribution < 1.29 is 52.8 Å². The largest absolute Gasteiger partial charge is 0.493 e. The van der Waals surface area contributed by atoms with Crippen molar-refractivity contribution in [1.29, 1.82) is 0 Å². The normalized spacial score (nSPS) is 18.1. The van der Waals surface area contributed by atoms with E-state index < -0.39 is 30.3 Å². The van der Waals surface area contributed by atoms with Gasteiger partial charge in [-0.3, -0.25) is 29.0 Å². The van der Waals surface area contributed by atoms with Gasteiger partial charge < -0.3 is 39.2 Å². The number of nitrogens with zero attached hydrogens (tertiary/aromatic N) is 4. The topological polar surface area (TPSA) is 194 Å². The second-order valence-corrected chi connectivity index (χ2v) is 20.4. The summed E-state index contributed by atoms with van der Waals surface area (Å²) in [4.78, 5) is 90.6.